The van der Waals surface area contributed by atoms with Gasteiger partial charge >= 0.3 is 12.2 Å². The van der Waals surface area contributed by atoms with Gasteiger partial charge in [-0.25, -0.2) is 0 Å². The van der Waals surface area contributed by atoms with Gasteiger partial charge in [0.1, 0.15) is 11.0 Å². The van der Waals surface area contributed by atoms with Gasteiger partial charge in [0, 0.05) is 32.2 Å². The molecule has 0 amide bonds. The van der Waals surface area contributed by atoms with Crippen LogP contribution in [0.1, 0.15) is 6.92 Å². The lowest BCUT2D eigenvalue weighted by Gasteiger charge is -2.35. The first-order chi connectivity index (χ1) is 9.87. The van der Waals surface area contributed by atoms with Gasteiger partial charge in [-0.15, -0.1) is 0 Å². The number of hydrogen-bond donors (Lipinski definition) is 0. The van der Waals surface area contributed by atoms with Crippen LogP contribution < -0.4 is 9.64 Å². The fraction of sp³-hybridized carbons (Fsp3) is 0.667. The van der Waals surface area contributed by atoms with Crippen molar-refractivity contribution in [2.75, 3.05) is 44.2 Å². The van der Waals surface area contributed by atoms with Crippen LogP contribution in [0.4, 0.5) is 19.0 Å². The molecule has 0 N–H and O–H groups in total. The first-order valence-corrected chi connectivity index (χ1v) is 6.96. The minimum Gasteiger partial charge on any atom is -0.464 e. The van der Waals surface area contributed by atoms with E-state index in [1.165, 1.54) is 4.90 Å². The molecule has 2 rings (SSSR count). The summed E-state index contributed by atoms with van der Waals surface area (Å²) in [7, 11) is 0. The average molecular weight is 325 g/mol. The summed E-state index contributed by atoms with van der Waals surface area (Å²) in [5.41, 5.74) is 0. The van der Waals surface area contributed by atoms with Crippen LogP contribution in [0.2, 0.25) is 5.15 Å². The molecule has 1 fully saturated rings. The Bertz CT molecular complexity index is 478. The van der Waals surface area contributed by atoms with E-state index in [0.717, 1.165) is 0 Å². The number of ether oxygens (including phenoxy) is 1. The molecule has 1 aromatic heterocycles. The summed E-state index contributed by atoms with van der Waals surface area (Å²) < 4.78 is 42.2. The molecule has 1 aliphatic rings. The van der Waals surface area contributed by atoms with Gasteiger partial charge in [0.15, 0.2) is 0 Å². The summed E-state index contributed by atoms with van der Waals surface area (Å²) in [5.74, 6) is 0.574. The molecule has 0 unspecified atom stereocenters. The van der Waals surface area contributed by atoms with Crippen molar-refractivity contribution in [2.24, 2.45) is 0 Å². The predicted molar refractivity (Wildman–Crippen MR) is 72.9 cm³/mol. The van der Waals surface area contributed by atoms with Crippen molar-refractivity contribution in [3.63, 3.8) is 0 Å². The molecule has 9 heteroatoms. The van der Waals surface area contributed by atoms with Gasteiger partial charge in [0.05, 0.1) is 13.2 Å². The van der Waals surface area contributed by atoms with Crippen molar-refractivity contribution >= 4 is 17.4 Å². The molecule has 0 spiro atoms. The van der Waals surface area contributed by atoms with Crippen molar-refractivity contribution in [1.82, 2.24) is 14.9 Å². The molecule has 0 aromatic carbocycles. The fourth-order valence-electron chi connectivity index (χ4n) is 2.13. The molecular formula is C12H16ClF3N4O. The molecule has 0 radical (unpaired) electrons. The average Bonchev–Trinajstić information content (AvgIpc) is 2.37. The second-order valence-electron chi connectivity index (χ2n) is 4.64. The quantitative estimate of drug-likeness (QED) is 0.794. The van der Waals surface area contributed by atoms with Crippen LogP contribution in [0.15, 0.2) is 6.07 Å². The van der Waals surface area contributed by atoms with Crippen molar-refractivity contribution in [1.29, 1.82) is 0 Å². The van der Waals surface area contributed by atoms with E-state index in [1.54, 1.807) is 13.0 Å². The van der Waals surface area contributed by atoms with E-state index < -0.39 is 12.7 Å². The summed E-state index contributed by atoms with van der Waals surface area (Å²) in [5, 5.41) is 0.251. The molecule has 118 valence electrons. The predicted octanol–water partition coefficient (Wildman–Crippen LogP) is 2.21. The lowest BCUT2D eigenvalue weighted by Crippen LogP contribution is -2.49. The Balaban J connectivity index is 1.98. The Morgan fingerprint density at radius 3 is 2.48 bits per heavy atom. The summed E-state index contributed by atoms with van der Waals surface area (Å²) in [4.78, 5) is 11.4. The standard InChI is InChI=1S/C12H16ClF3N4O/c1-2-21-11-17-9(13)7-10(18-11)20-5-3-19(4-6-20)8-12(14,15)16/h7H,2-6,8H2,1H3. The van der Waals surface area contributed by atoms with Crippen molar-refractivity contribution < 1.29 is 17.9 Å². The van der Waals surface area contributed by atoms with Crippen LogP contribution in [0, 0.1) is 0 Å². The van der Waals surface area contributed by atoms with Crippen LogP contribution in [0.5, 0.6) is 6.01 Å². The SMILES string of the molecule is CCOc1nc(Cl)cc(N2CCN(CC(F)(F)F)CC2)n1. The van der Waals surface area contributed by atoms with Crippen LogP contribution in [-0.2, 0) is 0 Å². The third-order valence-electron chi connectivity index (χ3n) is 3.03. The highest BCUT2D eigenvalue weighted by Crippen LogP contribution is 2.22. The normalized spacial score (nSPS) is 17.1. The third-order valence-corrected chi connectivity index (χ3v) is 3.23. The van der Waals surface area contributed by atoms with Crippen molar-refractivity contribution in [2.45, 2.75) is 13.1 Å². The van der Waals surface area contributed by atoms with E-state index in [-0.39, 0.29) is 11.2 Å². The Morgan fingerprint density at radius 2 is 1.90 bits per heavy atom. The minimum absolute atomic E-state index is 0.178. The molecule has 1 saturated heterocycles. The lowest BCUT2D eigenvalue weighted by molar-refractivity contribution is -0.146. The van der Waals surface area contributed by atoms with Gasteiger partial charge in [-0.2, -0.15) is 23.1 Å². The fourth-order valence-corrected chi connectivity index (χ4v) is 2.30. The molecule has 1 aliphatic heterocycles. The largest absolute Gasteiger partial charge is 0.464 e. The van der Waals surface area contributed by atoms with Gasteiger partial charge in [-0.05, 0) is 6.92 Å². The lowest BCUT2D eigenvalue weighted by atomic mass is 10.3. The number of piperazine rings is 1. The minimum atomic E-state index is -4.16. The second-order valence-corrected chi connectivity index (χ2v) is 5.03. The summed E-state index contributed by atoms with van der Waals surface area (Å²) in [6.45, 7) is 2.90. The smallest absolute Gasteiger partial charge is 0.401 e. The molecule has 0 atom stereocenters. The Kier molecular flexibility index (Phi) is 5.10. The van der Waals surface area contributed by atoms with Gasteiger partial charge in [0.25, 0.3) is 0 Å². The van der Waals surface area contributed by atoms with Gasteiger partial charge in [-0.1, -0.05) is 11.6 Å². The van der Waals surface area contributed by atoms with Crippen LogP contribution in [-0.4, -0.2) is 60.4 Å². The summed E-state index contributed by atoms with van der Waals surface area (Å²) >= 11 is 5.90. The highest BCUT2D eigenvalue weighted by Gasteiger charge is 2.32. The van der Waals surface area contributed by atoms with Crippen molar-refractivity contribution in [3.8, 4) is 6.01 Å². The topological polar surface area (TPSA) is 41.5 Å². The van der Waals surface area contributed by atoms with E-state index in [1.807, 2.05) is 4.90 Å². The van der Waals surface area contributed by atoms with Crippen molar-refractivity contribution in [3.05, 3.63) is 11.2 Å². The zero-order valence-corrected chi connectivity index (χ0v) is 12.3. The monoisotopic (exact) mass is 324 g/mol. The number of anilines is 1. The molecule has 5 nitrogen and oxygen atoms in total. The summed E-state index contributed by atoms with van der Waals surface area (Å²) in [6, 6.07) is 1.77. The number of alkyl halides is 3. The van der Waals surface area contributed by atoms with E-state index in [2.05, 4.69) is 9.97 Å². The van der Waals surface area contributed by atoms with Crippen LogP contribution >= 0.6 is 11.6 Å². The maximum absolute atomic E-state index is 12.3. The highest BCUT2D eigenvalue weighted by molar-refractivity contribution is 6.29. The Labute approximate surface area is 125 Å². The molecule has 2 heterocycles. The molecule has 0 aliphatic carbocycles. The maximum atomic E-state index is 12.3. The Hall–Kier alpha value is -1.28. The highest BCUT2D eigenvalue weighted by atomic mass is 35.5. The van der Waals surface area contributed by atoms with Crippen LogP contribution in [0.3, 0.4) is 0 Å². The molecule has 21 heavy (non-hydrogen) atoms. The van der Waals surface area contributed by atoms with E-state index in [9.17, 15) is 13.2 Å². The molecular weight excluding hydrogens is 309 g/mol. The van der Waals surface area contributed by atoms with Crippen LogP contribution in [0.25, 0.3) is 0 Å². The van der Waals surface area contributed by atoms with E-state index in [0.29, 0.717) is 38.6 Å². The van der Waals surface area contributed by atoms with Gasteiger partial charge in [0.2, 0.25) is 0 Å². The summed E-state index contributed by atoms with van der Waals surface area (Å²) in [6.07, 6.45) is -4.16. The molecule has 0 saturated carbocycles. The zero-order chi connectivity index (χ0) is 15.5. The van der Waals surface area contributed by atoms with Gasteiger partial charge in [-0.3, -0.25) is 4.90 Å². The van der Waals surface area contributed by atoms with Gasteiger partial charge < -0.3 is 9.64 Å². The number of nitrogens with zero attached hydrogens (tertiary/aromatic N) is 4. The van der Waals surface area contributed by atoms with E-state index in [4.69, 9.17) is 16.3 Å². The number of rotatable bonds is 4. The number of halogens is 4. The molecule has 0 bridgehead atoms. The Morgan fingerprint density at radius 1 is 1.24 bits per heavy atom. The zero-order valence-electron chi connectivity index (χ0n) is 11.5. The third kappa shape index (κ3) is 4.89. The number of hydrogen-bond acceptors (Lipinski definition) is 5. The first kappa shape index (κ1) is 16.1. The first-order valence-electron chi connectivity index (χ1n) is 6.59. The number of aromatic nitrogens is 2. The second kappa shape index (κ2) is 6.65. The molecule has 1 aromatic rings. The van der Waals surface area contributed by atoms with E-state index >= 15 is 0 Å². The maximum Gasteiger partial charge on any atom is 0.401 e.